The molecule has 0 aliphatic carbocycles. The second-order valence-corrected chi connectivity index (χ2v) is 6.17. The number of hydrogen-bond acceptors (Lipinski definition) is 6. The predicted molar refractivity (Wildman–Crippen MR) is 72.3 cm³/mol. The molecule has 17 heavy (non-hydrogen) atoms. The maximum absolute atomic E-state index is 9.17. The lowest BCUT2D eigenvalue weighted by Crippen LogP contribution is -2.41. The Morgan fingerprint density at radius 2 is 2.35 bits per heavy atom. The molecule has 1 atom stereocenters. The van der Waals surface area contributed by atoms with Crippen LogP contribution in [0, 0.1) is 18.3 Å². The third-order valence-electron chi connectivity index (χ3n) is 2.35. The predicted octanol–water partition coefficient (Wildman–Crippen LogP) is 2.61. The Morgan fingerprint density at radius 3 is 2.88 bits per heavy atom. The molecule has 1 aromatic rings. The highest BCUT2D eigenvalue weighted by molar-refractivity contribution is 8.00. The van der Waals surface area contributed by atoms with Crippen molar-refractivity contribution in [1.29, 1.82) is 5.26 Å². The first kappa shape index (κ1) is 14.4. The van der Waals surface area contributed by atoms with Crippen LogP contribution in [-0.2, 0) is 0 Å². The van der Waals surface area contributed by atoms with Crippen molar-refractivity contribution in [2.75, 3.05) is 12.3 Å². The molecule has 0 fully saturated rings. The smallest absolute Gasteiger partial charge is 0.170 e. The molecule has 0 saturated carbocycles. The maximum Gasteiger partial charge on any atom is 0.170 e. The van der Waals surface area contributed by atoms with Gasteiger partial charge < -0.3 is 0 Å². The van der Waals surface area contributed by atoms with E-state index >= 15 is 0 Å². The number of nitrogens with one attached hydrogen (secondary N) is 1. The summed E-state index contributed by atoms with van der Waals surface area (Å²) in [5.41, 5.74) is -0.428. The Labute approximate surface area is 111 Å². The summed E-state index contributed by atoms with van der Waals surface area (Å²) in [5.74, 6) is 1.71. The molecule has 1 heterocycles. The Hall–Kier alpha value is -0.640. The normalized spacial score (nSPS) is 14.2. The van der Waals surface area contributed by atoms with Gasteiger partial charge in [-0.25, -0.2) is 4.98 Å². The monoisotopic (exact) mass is 270 g/mol. The van der Waals surface area contributed by atoms with Gasteiger partial charge in [0.15, 0.2) is 4.34 Å². The summed E-state index contributed by atoms with van der Waals surface area (Å²) < 4.78 is 5.12. The molecule has 0 aliphatic heterocycles. The minimum atomic E-state index is -0.428. The van der Waals surface area contributed by atoms with Crippen LogP contribution in [0.15, 0.2) is 4.34 Å². The SMILES string of the molecule is CCCNC(C)(C#N)CCSc1nc(C)ns1. The number of aromatic nitrogens is 2. The van der Waals surface area contributed by atoms with Gasteiger partial charge in [0.05, 0.1) is 6.07 Å². The van der Waals surface area contributed by atoms with Crippen LogP contribution >= 0.6 is 23.3 Å². The van der Waals surface area contributed by atoms with Crippen LogP contribution in [0.1, 0.15) is 32.5 Å². The lowest BCUT2D eigenvalue weighted by Gasteiger charge is -2.22. The van der Waals surface area contributed by atoms with Crippen LogP contribution in [0.3, 0.4) is 0 Å². The average Bonchev–Trinajstić information content (AvgIpc) is 2.72. The summed E-state index contributed by atoms with van der Waals surface area (Å²) in [6, 6.07) is 2.35. The minimum Gasteiger partial charge on any atom is -0.300 e. The Morgan fingerprint density at radius 1 is 1.59 bits per heavy atom. The van der Waals surface area contributed by atoms with Crippen molar-refractivity contribution < 1.29 is 0 Å². The first-order valence-corrected chi connectivity index (χ1v) is 7.45. The highest BCUT2D eigenvalue weighted by Crippen LogP contribution is 2.23. The summed E-state index contributed by atoms with van der Waals surface area (Å²) in [4.78, 5) is 4.29. The molecule has 94 valence electrons. The Kier molecular flexibility index (Phi) is 5.89. The number of thioether (sulfide) groups is 1. The van der Waals surface area contributed by atoms with E-state index in [1.807, 2.05) is 13.8 Å². The van der Waals surface area contributed by atoms with E-state index in [9.17, 15) is 0 Å². The van der Waals surface area contributed by atoms with Crippen molar-refractivity contribution in [2.24, 2.45) is 0 Å². The fourth-order valence-electron chi connectivity index (χ4n) is 1.26. The fraction of sp³-hybridized carbons (Fsp3) is 0.727. The van der Waals surface area contributed by atoms with Crippen molar-refractivity contribution in [1.82, 2.24) is 14.7 Å². The standard InChI is InChI=1S/C11H18N4S2/c1-4-6-13-11(3,8-12)5-7-16-10-14-9(2)15-17-10/h13H,4-7H2,1-3H3. The minimum absolute atomic E-state index is 0.428. The van der Waals surface area contributed by atoms with E-state index in [0.717, 1.165) is 35.3 Å². The number of nitriles is 1. The van der Waals surface area contributed by atoms with Crippen LogP contribution in [0.25, 0.3) is 0 Å². The highest BCUT2D eigenvalue weighted by Gasteiger charge is 2.22. The fourth-order valence-corrected chi connectivity index (χ4v) is 3.14. The number of rotatable bonds is 7. The van der Waals surface area contributed by atoms with Gasteiger partial charge in [-0.3, -0.25) is 5.32 Å². The molecule has 0 aromatic carbocycles. The molecule has 0 amide bonds. The molecule has 1 rings (SSSR count). The number of nitrogens with zero attached hydrogens (tertiary/aromatic N) is 3. The number of aryl methyl sites for hydroxylation is 1. The summed E-state index contributed by atoms with van der Waals surface area (Å²) in [5, 5.41) is 12.4. The van der Waals surface area contributed by atoms with E-state index in [1.54, 1.807) is 11.8 Å². The molecule has 0 bridgehead atoms. The third-order valence-corrected chi connectivity index (χ3v) is 4.28. The molecule has 1 unspecified atom stereocenters. The van der Waals surface area contributed by atoms with Crippen LogP contribution in [0.5, 0.6) is 0 Å². The lowest BCUT2D eigenvalue weighted by atomic mass is 10.0. The van der Waals surface area contributed by atoms with Crippen molar-refractivity contribution >= 4 is 23.3 Å². The van der Waals surface area contributed by atoms with Gasteiger partial charge in [-0.1, -0.05) is 18.7 Å². The molecule has 0 radical (unpaired) electrons. The van der Waals surface area contributed by atoms with Crippen molar-refractivity contribution in [3.8, 4) is 6.07 Å². The van der Waals surface area contributed by atoms with Crippen LogP contribution < -0.4 is 5.32 Å². The topological polar surface area (TPSA) is 61.6 Å². The van der Waals surface area contributed by atoms with E-state index in [0.29, 0.717) is 0 Å². The molecular weight excluding hydrogens is 252 g/mol. The molecule has 0 saturated heterocycles. The second kappa shape index (κ2) is 6.94. The van der Waals surface area contributed by atoms with Gasteiger partial charge in [-0.2, -0.15) is 9.64 Å². The van der Waals surface area contributed by atoms with Crippen molar-refractivity contribution in [2.45, 2.75) is 43.5 Å². The zero-order valence-electron chi connectivity index (χ0n) is 10.5. The molecular formula is C11H18N4S2. The molecule has 6 heteroatoms. The van der Waals surface area contributed by atoms with Crippen molar-refractivity contribution in [3.63, 3.8) is 0 Å². The molecule has 1 N–H and O–H groups in total. The van der Waals surface area contributed by atoms with E-state index in [1.165, 1.54) is 11.5 Å². The molecule has 0 aliphatic rings. The van der Waals surface area contributed by atoms with E-state index in [4.69, 9.17) is 5.26 Å². The summed E-state index contributed by atoms with van der Waals surface area (Å²) in [6.45, 7) is 6.83. The van der Waals surface area contributed by atoms with Crippen molar-refractivity contribution in [3.05, 3.63) is 5.82 Å². The van der Waals surface area contributed by atoms with Crippen LogP contribution in [0.4, 0.5) is 0 Å². The zero-order chi connectivity index (χ0) is 12.7. The first-order chi connectivity index (χ1) is 8.09. The van der Waals surface area contributed by atoms with E-state index < -0.39 is 5.54 Å². The first-order valence-electron chi connectivity index (χ1n) is 5.69. The Balaban J connectivity index is 2.35. The van der Waals surface area contributed by atoms with Crippen LogP contribution in [-0.4, -0.2) is 27.2 Å². The Bertz CT molecular complexity index is 385. The third kappa shape index (κ3) is 5.02. The van der Waals surface area contributed by atoms with Gasteiger partial charge in [-0.05, 0) is 44.8 Å². The van der Waals surface area contributed by atoms with E-state index in [2.05, 4.69) is 27.7 Å². The summed E-state index contributed by atoms with van der Waals surface area (Å²) in [7, 11) is 0. The summed E-state index contributed by atoms with van der Waals surface area (Å²) >= 11 is 3.09. The van der Waals surface area contributed by atoms with Crippen LogP contribution in [0.2, 0.25) is 0 Å². The van der Waals surface area contributed by atoms with Gasteiger partial charge in [0.25, 0.3) is 0 Å². The lowest BCUT2D eigenvalue weighted by molar-refractivity contribution is 0.437. The average molecular weight is 270 g/mol. The van der Waals surface area contributed by atoms with Gasteiger partial charge in [0, 0.05) is 5.75 Å². The highest BCUT2D eigenvalue weighted by atomic mass is 32.2. The largest absolute Gasteiger partial charge is 0.300 e. The van der Waals surface area contributed by atoms with Gasteiger partial charge in [-0.15, -0.1) is 0 Å². The molecule has 0 spiro atoms. The van der Waals surface area contributed by atoms with E-state index in [-0.39, 0.29) is 0 Å². The van der Waals surface area contributed by atoms with Gasteiger partial charge in [0.1, 0.15) is 11.4 Å². The second-order valence-electron chi connectivity index (χ2n) is 4.08. The molecule has 1 aromatic heterocycles. The van der Waals surface area contributed by atoms with Gasteiger partial charge >= 0.3 is 0 Å². The zero-order valence-corrected chi connectivity index (χ0v) is 12.1. The maximum atomic E-state index is 9.17. The van der Waals surface area contributed by atoms with Gasteiger partial charge in [0.2, 0.25) is 0 Å². The molecule has 4 nitrogen and oxygen atoms in total. The summed E-state index contributed by atoms with van der Waals surface area (Å²) in [6.07, 6.45) is 1.85. The number of hydrogen-bond donors (Lipinski definition) is 1. The quantitative estimate of drug-likeness (QED) is 0.772.